The Bertz CT molecular complexity index is 926. The maximum Gasteiger partial charge on any atom is 0.269 e. The van der Waals surface area contributed by atoms with Crippen molar-refractivity contribution in [2.24, 2.45) is 7.05 Å². The first-order valence-electron chi connectivity index (χ1n) is 9.03. The Labute approximate surface area is 156 Å². The van der Waals surface area contributed by atoms with Crippen molar-refractivity contribution >= 4 is 5.91 Å². The van der Waals surface area contributed by atoms with Crippen LogP contribution < -0.4 is 5.32 Å². The van der Waals surface area contributed by atoms with Crippen molar-refractivity contribution in [3.05, 3.63) is 53.4 Å². The fourth-order valence-corrected chi connectivity index (χ4v) is 3.56. The second-order valence-electron chi connectivity index (χ2n) is 6.90. The first kappa shape index (κ1) is 17.5. The van der Waals surface area contributed by atoms with Crippen molar-refractivity contribution in [1.29, 1.82) is 0 Å². The minimum Gasteiger partial charge on any atom is -0.361 e. The molecule has 0 aliphatic carbocycles. The van der Waals surface area contributed by atoms with Crippen LogP contribution in [0.2, 0.25) is 0 Å². The number of carbonyl (C=O) groups is 1. The second kappa shape index (κ2) is 7.36. The maximum absolute atomic E-state index is 12.2. The van der Waals surface area contributed by atoms with Crippen LogP contribution in [0.25, 0.3) is 0 Å². The van der Waals surface area contributed by atoms with Gasteiger partial charge in [0, 0.05) is 51.7 Å². The normalized spacial score (nSPS) is 17.0. The predicted molar refractivity (Wildman–Crippen MR) is 96.8 cm³/mol. The highest BCUT2D eigenvalue weighted by atomic mass is 16.5. The fraction of sp³-hybridized carbons (Fsp3) is 0.444. The van der Waals surface area contributed by atoms with Crippen molar-refractivity contribution in [1.82, 2.24) is 34.9 Å². The molecule has 142 valence electrons. The van der Waals surface area contributed by atoms with Crippen LogP contribution in [0.15, 0.2) is 35.1 Å². The summed E-state index contributed by atoms with van der Waals surface area (Å²) in [4.78, 5) is 14.6. The number of aromatic nitrogens is 5. The molecular formula is C18H23N7O2. The summed E-state index contributed by atoms with van der Waals surface area (Å²) in [5, 5.41) is 15.6. The van der Waals surface area contributed by atoms with E-state index >= 15 is 0 Å². The van der Waals surface area contributed by atoms with Gasteiger partial charge in [0.2, 0.25) is 0 Å². The van der Waals surface area contributed by atoms with E-state index in [-0.39, 0.29) is 11.9 Å². The second-order valence-corrected chi connectivity index (χ2v) is 6.90. The largest absolute Gasteiger partial charge is 0.361 e. The SMILES string of the molecule is Cc1cc(CN2Cc3ccnn3[C@H](CCNC(=O)c3ccnn3C)C2)no1. The molecule has 0 radical (unpaired) electrons. The zero-order valence-electron chi connectivity index (χ0n) is 15.5. The molecule has 1 amide bonds. The summed E-state index contributed by atoms with van der Waals surface area (Å²) in [6.07, 6.45) is 4.25. The van der Waals surface area contributed by atoms with E-state index in [0.29, 0.717) is 12.2 Å². The molecular weight excluding hydrogens is 346 g/mol. The molecule has 0 saturated carbocycles. The number of hydrogen-bond acceptors (Lipinski definition) is 6. The molecule has 0 fully saturated rings. The fourth-order valence-electron chi connectivity index (χ4n) is 3.56. The Morgan fingerprint density at radius 3 is 2.93 bits per heavy atom. The van der Waals surface area contributed by atoms with Gasteiger partial charge in [0.05, 0.1) is 17.4 Å². The standard InChI is InChI=1S/C18H23N7O2/c1-13-9-14(22-27-13)10-24-11-15(25-16(12-24)4-7-21-25)3-6-19-18(26)17-5-8-20-23(17)2/h4-5,7-9,15H,3,6,10-12H2,1-2H3,(H,19,26)/t15-/m1/s1. The van der Waals surface area contributed by atoms with Crippen LogP contribution in [0, 0.1) is 6.92 Å². The number of nitrogens with zero attached hydrogens (tertiary/aromatic N) is 6. The Hall–Kier alpha value is -2.94. The van der Waals surface area contributed by atoms with Crippen molar-refractivity contribution in [2.45, 2.75) is 32.5 Å². The minimum absolute atomic E-state index is 0.110. The monoisotopic (exact) mass is 369 g/mol. The van der Waals surface area contributed by atoms with Crippen LogP contribution in [0.5, 0.6) is 0 Å². The quantitative estimate of drug-likeness (QED) is 0.704. The molecule has 1 atom stereocenters. The molecule has 9 nitrogen and oxygen atoms in total. The van der Waals surface area contributed by atoms with Gasteiger partial charge >= 0.3 is 0 Å². The highest BCUT2D eigenvalue weighted by Gasteiger charge is 2.26. The number of carbonyl (C=O) groups excluding carboxylic acids is 1. The van der Waals surface area contributed by atoms with Gasteiger partial charge in [-0.3, -0.25) is 19.1 Å². The van der Waals surface area contributed by atoms with E-state index in [9.17, 15) is 4.79 Å². The van der Waals surface area contributed by atoms with Gasteiger partial charge in [-0.1, -0.05) is 5.16 Å². The van der Waals surface area contributed by atoms with Crippen LogP contribution in [0.4, 0.5) is 0 Å². The van der Waals surface area contributed by atoms with E-state index in [0.717, 1.165) is 37.5 Å². The van der Waals surface area contributed by atoms with Crippen LogP contribution >= 0.6 is 0 Å². The molecule has 0 spiro atoms. The lowest BCUT2D eigenvalue weighted by molar-refractivity contribution is 0.0937. The van der Waals surface area contributed by atoms with E-state index < -0.39 is 0 Å². The van der Waals surface area contributed by atoms with E-state index in [1.54, 1.807) is 24.0 Å². The van der Waals surface area contributed by atoms with Gasteiger partial charge in [-0.15, -0.1) is 0 Å². The number of amides is 1. The van der Waals surface area contributed by atoms with Crippen LogP contribution in [0.1, 0.15) is 40.1 Å². The molecule has 27 heavy (non-hydrogen) atoms. The molecule has 1 aliphatic rings. The number of nitrogens with one attached hydrogen (secondary N) is 1. The Balaban J connectivity index is 1.38. The topological polar surface area (TPSA) is 94.0 Å². The first-order valence-corrected chi connectivity index (χ1v) is 9.03. The summed E-state index contributed by atoms with van der Waals surface area (Å²) in [5.41, 5.74) is 2.66. The smallest absolute Gasteiger partial charge is 0.269 e. The van der Waals surface area contributed by atoms with Gasteiger partial charge in [0.1, 0.15) is 11.5 Å². The Morgan fingerprint density at radius 2 is 2.19 bits per heavy atom. The molecule has 3 aromatic rings. The number of aryl methyl sites for hydroxylation is 2. The highest BCUT2D eigenvalue weighted by Crippen LogP contribution is 2.24. The molecule has 0 aromatic carbocycles. The summed E-state index contributed by atoms with van der Waals surface area (Å²) >= 11 is 0. The summed E-state index contributed by atoms with van der Waals surface area (Å²) in [6, 6.07) is 5.92. The number of hydrogen-bond donors (Lipinski definition) is 1. The average Bonchev–Trinajstić information content (AvgIpc) is 3.36. The van der Waals surface area contributed by atoms with Crippen LogP contribution in [0.3, 0.4) is 0 Å². The van der Waals surface area contributed by atoms with Gasteiger partial charge in [0.15, 0.2) is 0 Å². The average molecular weight is 369 g/mol. The van der Waals surface area contributed by atoms with E-state index in [1.165, 1.54) is 5.69 Å². The molecule has 0 saturated heterocycles. The van der Waals surface area contributed by atoms with Gasteiger partial charge in [-0.05, 0) is 25.5 Å². The molecule has 0 bridgehead atoms. The lowest BCUT2D eigenvalue weighted by Crippen LogP contribution is -2.39. The summed E-state index contributed by atoms with van der Waals surface area (Å²) < 4.78 is 8.82. The highest BCUT2D eigenvalue weighted by molar-refractivity contribution is 5.92. The Kier molecular flexibility index (Phi) is 4.76. The first-order chi connectivity index (χ1) is 13.1. The molecule has 1 aliphatic heterocycles. The lowest BCUT2D eigenvalue weighted by atomic mass is 10.1. The third kappa shape index (κ3) is 3.77. The lowest BCUT2D eigenvalue weighted by Gasteiger charge is -2.33. The van der Waals surface area contributed by atoms with Crippen molar-refractivity contribution < 1.29 is 9.32 Å². The van der Waals surface area contributed by atoms with E-state index in [2.05, 4.69) is 30.3 Å². The van der Waals surface area contributed by atoms with Crippen molar-refractivity contribution in [3.63, 3.8) is 0 Å². The summed E-state index contributed by atoms with van der Waals surface area (Å²) in [7, 11) is 1.76. The number of rotatable bonds is 6. The van der Waals surface area contributed by atoms with Gasteiger partial charge in [0.25, 0.3) is 5.91 Å². The molecule has 0 unspecified atom stereocenters. The van der Waals surface area contributed by atoms with Gasteiger partial charge in [-0.2, -0.15) is 10.2 Å². The Morgan fingerprint density at radius 1 is 1.33 bits per heavy atom. The van der Waals surface area contributed by atoms with E-state index in [4.69, 9.17) is 4.52 Å². The van der Waals surface area contributed by atoms with Crippen molar-refractivity contribution in [3.8, 4) is 0 Å². The summed E-state index contributed by atoms with van der Waals surface area (Å²) in [6.45, 7) is 4.88. The van der Waals surface area contributed by atoms with Gasteiger partial charge in [-0.25, -0.2) is 0 Å². The molecule has 4 heterocycles. The molecule has 4 rings (SSSR count). The van der Waals surface area contributed by atoms with Crippen LogP contribution in [-0.4, -0.2) is 48.6 Å². The molecule has 1 N–H and O–H groups in total. The zero-order chi connectivity index (χ0) is 18.8. The summed E-state index contributed by atoms with van der Waals surface area (Å²) in [5.74, 6) is 0.711. The number of fused-ring (bicyclic) bond motifs is 1. The third-order valence-electron chi connectivity index (χ3n) is 4.83. The van der Waals surface area contributed by atoms with Crippen molar-refractivity contribution in [2.75, 3.05) is 13.1 Å². The van der Waals surface area contributed by atoms with Crippen LogP contribution in [-0.2, 0) is 20.1 Å². The molecule has 9 heteroatoms. The maximum atomic E-state index is 12.2. The minimum atomic E-state index is -0.110. The molecule has 3 aromatic heterocycles. The third-order valence-corrected chi connectivity index (χ3v) is 4.83. The predicted octanol–water partition coefficient (Wildman–Crippen LogP) is 1.29. The zero-order valence-corrected chi connectivity index (χ0v) is 15.5. The van der Waals surface area contributed by atoms with E-state index in [1.807, 2.05) is 25.3 Å². The van der Waals surface area contributed by atoms with Gasteiger partial charge < -0.3 is 9.84 Å².